The van der Waals surface area contributed by atoms with Gasteiger partial charge in [-0.05, 0) is 64.6 Å². The van der Waals surface area contributed by atoms with Gasteiger partial charge in [-0.15, -0.1) is 0 Å². The lowest BCUT2D eigenvalue weighted by Crippen LogP contribution is -1.95. The normalized spacial score (nSPS) is 10.1. The Bertz CT molecular complexity index is 450. The van der Waals surface area contributed by atoms with Gasteiger partial charge in [0.1, 0.15) is 11.5 Å². The summed E-state index contributed by atoms with van der Waals surface area (Å²) in [5, 5.41) is 0. The Morgan fingerprint density at radius 1 is 0.875 bits per heavy atom. The number of hydrogen-bond donors (Lipinski definition) is 1. The highest BCUT2D eigenvalue weighted by atomic mass is 127. The molecule has 0 saturated carbocycles. The SMILES string of the molecule is NCc1ccc(Oc2ccc(I)cc2)cc1. The van der Waals surface area contributed by atoms with Gasteiger partial charge in [0.25, 0.3) is 0 Å². The van der Waals surface area contributed by atoms with Crippen LogP contribution in [0.4, 0.5) is 0 Å². The molecular weight excluding hydrogens is 313 g/mol. The first kappa shape index (κ1) is 11.4. The van der Waals surface area contributed by atoms with E-state index in [0.717, 1.165) is 17.1 Å². The van der Waals surface area contributed by atoms with Crippen molar-refractivity contribution in [3.63, 3.8) is 0 Å². The monoisotopic (exact) mass is 325 g/mol. The molecule has 0 aliphatic rings. The van der Waals surface area contributed by atoms with Crippen molar-refractivity contribution in [3.05, 3.63) is 57.7 Å². The molecule has 2 rings (SSSR count). The summed E-state index contributed by atoms with van der Waals surface area (Å²) < 4.78 is 6.89. The van der Waals surface area contributed by atoms with E-state index in [-0.39, 0.29) is 0 Å². The van der Waals surface area contributed by atoms with Crippen molar-refractivity contribution >= 4 is 22.6 Å². The molecule has 2 aromatic rings. The first-order valence-corrected chi connectivity index (χ1v) is 6.08. The highest BCUT2D eigenvalue weighted by Gasteiger charge is 1.97. The molecule has 0 aromatic heterocycles. The number of hydrogen-bond acceptors (Lipinski definition) is 2. The average molecular weight is 325 g/mol. The van der Waals surface area contributed by atoms with Gasteiger partial charge < -0.3 is 10.5 Å². The lowest BCUT2D eigenvalue weighted by Gasteiger charge is -2.06. The molecule has 0 radical (unpaired) electrons. The van der Waals surface area contributed by atoms with Gasteiger partial charge in [0.05, 0.1) is 0 Å². The number of halogens is 1. The minimum atomic E-state index is 0.559. The van der Waals surface area contributed by atoms with E-state index in [1.807, 2.05) is 48.5 Å². The molecule has 0 spiro atoms. The van der Waals surface area contributed by atoms with Crippen LogP contribution in [0.15, 0.2) is 48.5 Å². The van der Waals surface area contributed by atoms with Gasteiger partial charge in [0.15, 0.2) is 0 Å². The topological polar surface area (TPSA) is 35.2 Å². The number of rotatable bonds is 3. The Labute approximate surface area is 109 Å². The van der Waals surface area contributed by atoms with Crippen LogP contribution >= 0.6 is 22.6 Å². The van der Waals surface area contributed by atoms with E-state index < -0.39 is 0 Å². The maximum atomic E-state index is 5.69. The molecular formula is C13H12INO. The second-order valence-electron chi connectivity index (χ2n) is 3.40. The van der Waals surface area contributed by atoms with Crippen molar-refractivity contribution in [2.75, 3.05) is 0 Å². The molecule has 16 heavy (non-hydrogen) atoms. The fourth-order valence-electron chi connectivity index (χ4n) is 1.33. The number of nitrogens with two attached hydrogens (primary N) is 1. The van der Waals surface area contributed by atoms with Crippen molar-refractivity contribution in [1.82, 2.24) is 0 Å². The summed E-state index contributed by atoms with van der Waals surface area (Å²) >= 11 is 2.27. The molecule has 2 nitrogen and oxygen atoms in total. The highest BCUT2D eigenvalue weighted by Crippen LogP contribution is 2.22. The summed E-state index contributed by atoms with van der Waals surface area (Å²) in [5.41, 5.74) is 6.63. The Morgan fingerprint density at radius 3 is 1.88 bits per heavy atom. The van der Waals surface area contributed by atoms with Crippen LogP contribution in [0.3, 0.4) is 0 Å². The van der Waals surface area contributed by atoms with Crippen LogP contribution in [0, 0.1) is 3.57 Å². The zero-order valence-corrected chi connectivity index (χ0v) is 10.8. The summed E-state index contributed by atoms with van der Waals surface area (Å²) in [6.45, 7) is 0.559. The Kier molecular flexibility index (Phi) is 3.79. The van der Waals surface area contributed by atoms with E-state index >= 15 is 0 Å². The maximum absolute atomic E-state index is 5.69. The van der Waals surface area contributed by atoms with Crippen molar-refractivity contribution < 1.29 is 4.74 Å². The molecule has 0 saturated heterocycles. The molecule has 2 aromatic carbocycles. The van der Waals surface area contributed by atoms with Crippen LogP contribution in [0.25, 0.3) is 0 Å². The van der Waals surface area contributed by atoms with Crippen molar-refractivity contribution in [1.29, 1.82) is 0 Å². The van der Waals surface area contributed by atoms with Gasteiger partial charge in [0.2, 0.25) is 0 Å². The minimum Gasteiger partial charge on any atom is -0.457 e. The molecule has 0 atom stereocenters. The second-order valence-corrected chi connectivity index (χ2v) is 4.65. The summed E-state index contributed by atoms with van der Waals surface area (Å²) in [4.78, 5) is 0. The Balaban J connectivity index is 2.11. The fraction of sp³-hybridized carbons (Fsp3) is 0.0769. The van der Waals surface area contributed by atoms with Crippen molar-refractivity contribution in [3.8, 4) is 11.5 Å². The Hall–Kier alpha value is -1.07. The van der Waals surface area contributed by atoms with E-state index in [1.54, 1.807) is 0 Å². The van der Waals surface area contributed by atoms with E-state index in [4.69, 9.17) is 10.5 Å². The van der Waals surface area contributed by atoms with Crippen LogP contribution in [-0.2, 0) is 6.54 Å². The molecule has 0 aliphatic heterocycles. The highest BCUT2D eigenvalue weighted by molar-refractivity contribution is 14.1. The van der Waals surface area contributed by atoms with Gasteiger partial charge >= 0.3 is 0 Å². The predicted molar refractivity (Wildman–Crippen MR) is 73.6 cm³/mol. The summed E-state index contributed by atoms with van der Waals surface area (Å²) in [5.74, 6) is 1.68. The summed E-state index contributed by atoms with van der Waals surface area (Å²) in [6, 6.07) is 15.8. The molecule has 0 amide bonds. The standard InChI is InChI=1S/C13H12INO/c14-11-3-7-13(8-4-11)16-12-5-1-10(9-15)2-6-12/h1-8H,9,15H2. The second kappa shape index (κ2) is 5.32. The lowest BCUT2D eigenvalue weighted by atomic mass is 10.2. The molecule has 0 heterocycles. The van der Waals surface area contributed by atoms with Gasteiger partial charge in [-0.3, -0.25) is 0 Å². The van der Waals surface area contributed by atoms with Gasteiger partial charge in [-0.1, -0.05) is 12.1 Å². The molecule has 0 unspecified atom stereocenters. The third-order valence-corrected chi connectivity index (χ3v) is 2.93. The maximum Gasteiger partial charge on any atom is 0.127 e. The van der Waals surface area contributed by atoms with Crippen molar-refractivity contribution in [2.45, 2.75) is 6.54 Å². The summed E-state index contributed by atoms with van der Waals surface area (Å²) in [7, 11) is 0. The van der Waals surface area contributed by atoms with Crippen LogP contribution in [0.2, 0.25) is 0 Å². The largest absolute Gasteiger partial charge is 0.457 e. The third-order valence-electron chi connectivity index (χ3n) is 2.21. The van der Waals surface area contributed by atoms with Gasteiger partial charge in [-0.2, -0.15) is 0 Å². The zero-order chi connectivity index (χ0) is 11.4. The first-order valence-electron chi connectivity index (χ1n) is 5.00. The Morgan fingerprint density at radius 2 is 1.38 bits per heavy atom. The molecule has 3 heteroatoms. The van der Waals surface area contributed by atoms with Crippen LogP contribution in [0.5, 0.6) is 11.5 Å². The molecule has 0 aliphatic carbocycles. The average Bonchev–Trinajstić information content (AvgIpc) is 2.33. The van der Waals surface area contributed by atoms with Gasteiger partial charge in [0, 0.05) is 10.1 Å². The lowest BCUT2D eigenvalue weighted by molar-refractivity contribution is 0.482. The summed E-state index contributed by atoms with van der Waals surface area (Å²) in [6.07, 6.45) is 0. The molecule has 2 N–H and O–H groups in total. The minimum absolute atomic E-state index is 0.559. The fourth-order valence-corrected chi connectivity index (χ4v) is 1.69. The van der Waals surface area contributed by atoms with Crippen LogP contribution in [-0.4, -0.2) is 0 Å². The number of benzene rings is 2. The van der Waals surface area contributed by atoms with E-state index in [0.29, 0.717) is 6.54 Å². The van der Waals surface area contributed by atoms with Gasteiger partial charge in [-0.25, -0.2) is 0 Å². The zero-order valence-electron chi connectivity index (χ0n) is 8.69. The van der Waals surface area contributed by atoms with Crippen molar-refractivity contribution in [2.24, 2.45) is 5.73 Å². The third kappa shape index (κ3) is 2.96. The quantitative estimate of drug-likeness (QED) is 0.876. The van der Waals surface area contributed by atoms with Crippen LogP contribution in [0.1, 0.15) is 5.56 Å². The van der Waals surface area contributed by atoms with Crippen LogP contribution < -0.4 is 10.5 Å². The number of ether oxygens (including phenoxy) is 1. The van der Waals surface area contributed by atoms with E-state index in [1.165, 1.54) is 3.57 Å². The van der Waals surface area contributed by atoms with E-state index in [2.05, 4.69) is 22.6 Å². The van der Waals surface area contributed by atoms with E-state index in [9.17, 15) is 0 Å². The first-order chi connectivity index (χ1) is 7.78. The smallest absolute Gasteiger partial charge is 0.127 e. The molecule has 82 valence electrons. The predicted octanol–water partition coefficient (Wildman–Crippen LogP) is 3.54. The molecule has 0 fully saturated rings. The molecule has 0 bridgehead atoms.